The van der Waals surface area contributed by atoms with Crippen molar-refractivity contribution in [3.05, 3.63) is 23.8 Å². The van der Waals surface area contributed by atoms with E-state index in [0.717, 1.165) is 6.26 Å². The number of fused-ring (bicyclic) bond motifs is 2. The van der Waals surface area contributed by atoms with Gasteiger partial charge in [0.2, 0.25) is 15.9 Å². The molecule has 2 heterocycles. The van der Waals surface area contributed by atoms with Crippen LogP contribution in [0.3, 0.4) is 0 Å². The van der Waals surface area contributed by atoms with Crippen molar-refractivity contribution in [2.75, 3.05) is 31.2 Å². The lowest BCUT2D eigenvalue weighted by atomic mass is 9.94. The van der Waals surface area contributed by atoms with Crippen LogP contribution in [0.5, 0.6) is 5.75 Å². The number of benzene rings is 1. The summed E-state index contributed by atoms with van der Waals surface area (Å²) in [5.41, 5.74) is 0.597. The molecule has 1 aromatic rings. The van der Waals surface area contributed by atoms with E-state index in [2.05, 4.69) is 10.0 Å². The summed E-state index contributed by atoms with van der Waals surface area (Å²) in [6.45, 7) is 2.68. The van der Waals surface area contributed by atoms with Gasteiger partial charge in [-0.3, -0.25) is 14.3 Å². The van der Waals surface area contributed by atoms with E-state index in [1.165, 1.54) is 6.07 Å². The number of ether oxygens (including phenoxy) is 2. The largest absolute Gasteiger partial charge is 0.490 e. The second-order valence-corrected chi connectivity index (χ2v) is 9.16. The van der Waals surface area contributed by atoms with Crippen molar-refractivity contribution in [2.45, 2.75) is 44.4 Å². The molecule has 0 aromatic heterocycles. The van der Waals surface area contributed by atoms with Crippen molar-refractivity contribution in [3.8, 4) is 5.75 Å². The fraction of sp³-hybridized carbons (Fsp3) is 0.579. The van der Waals surface area contributed by atoms with Gasteiger partial charge in [-0.05, 0) is 38.0 Å². The van der Waals surface area contributed by atoms with E-state index in [1.54, 1.807) is 24.1 Å². The Kier molecular flexibility index (Phi) is 6.33. The Balaban J connectivity index is 1.79. The van der Waals surface area contributed by atoms with E-state index in [0.29, 0.717) is 36.4 Å². The van der Waals surface area contributed by atoms with Gasteiger partial charge in [-0.25, -0.2) is 8.42 Å². The van der Waals surface area contributed by atoms with Crippen molar-refractivity contribution < 1.29 is 27.5 Å². The van der Waals surface area contributed by atoms with Crippen LogP contribution < -0.4 is 14.8 Å². The molecule has 3 atom stereocenters. The van der Waals surface area contributed by atoms with Crippen molar-refractivity contribution in [2.24, 2.45) is 0 Å². The van der Waals surface area contributed by atoms with Gasteiger partial charge in [-0.15, -0.1) is 0 Å². The molecule has 0 bridgehead atoms. The molecule has 2 N–H and O–H groups in total. The Labute approximate surface area is 170 Å². The molecule has 1 fully saturated rings. The molecule has 10 heteroatoms. The monoisotopic (exact) mass is 425 g/mol. The third-order valence-electron chi connectivity index (χ3n) is 5.10. The highest BCUT2D eigenvalue weighted by atomic mass is 32.2. The molecule has 0 spiro atoms. The van der Waals surface area contributed by atoms with Crippen LogP contribution >= 0.6 is 0 Å². The Morgan fingerprint density at radius 3 is 2.76 bits per heavy atom. The number of likely N-dealkylation sites (N-methyl/N-ethyl adjacent to an activating group) is 1. The van der Waals surface area contributed by atoms with Crippen molar-refractivity contribution >= 4 is 27.5 Å². The van der Waals surface area contributed by atoms with Gasteiger partial charge in [0, 0.05) is 19.3 Å². The van der Waals surface area contributed by atoms with Gasteiger partial charge in [0.15, 0.2) is 0 Å². The summed E-state index contributed by atoms with van der Waals surface area (Å²) < 4.78 is 37.3. The summed E-state index contributed by atoms with van der Waals surface area (Å²) in [6, 6.07) is 4.42. The smallest absolute Gasteiger partial charge is 0.257 e. The molecule has 29 heavy (non-hydrogen) atoms. The number of hydrogen-bond donors (Lipinski definition) is 2. The number of amides is 2. The van der Waals surface area contributed by atoms with Crippen LogP contribution in [0.25, 0.3) is 0 Å². The second kappa shape index (κ2) is 8.58. The number of carbonyl (C=O) groups excluding carboxylic acids is 2. The maximum absolute atomic E-state index is 13.1. The molecular weight excluding hydrogens is 398 g/mol. The molecule has 2 aliphatic heterocycles. The predicted octanol–water partition coefficient (Wildman–Crippen LogP) is 0.965. The first-order chi connectivity index (χ1) is 13.7. The molecule has 1 saturated heterocycles. The number of nitrogens with zero attached hydrogens (tertiary/aromatic N) is 1. The van der Waals surface area contributed by atoms with Gasteiger partial charge in [0.1, 0.15) is 18.5 Å². The van der Waals surface area contributed by atoms with Gasteiger partial charge in [-0.1, -0.05) is 0 Å². The van der Waals surface area contributed by atoms with Crippen LogP contribution in [0.4, 0.5) is 5.69 Å². The lowest BCUT2D eigenvalue weighted by Gasteiger charge is -2.42. The average molecular weight is 426 g/mol. The summed E-state index contributed by atoms with van der Waals surface area (Å²) in [7, 11) is -1.75. The van der Waals surface area contributed by atoms with Gasteiger partial charge in [0.25, 0.3) is 5.91 Å². The zero-order chi connectivity index (χ0) is 21.2. The molecular formula is C19H27N3O6S. The topological polar surface area (TPSA) is 114 Å². The predicted molar refractivity (Wildman–Crippen MR) is 107 cm³/mol. The Hall–Kier alpha value is -2.33. The lowest BCUT2D eigenvalue weighted by molar-refractivity contribution is -0.133. The SMILES string of the molecule is CCNC(=O)C[C@@H]1CC[C@@H]2[C@@H](COc3ccc(NS(C)(=O)=O)cc3C(=O)N2C)O1. The fourth-order valence-corrected chi connectivity index (χ4v) is 4.34. The highest BCUT2D eigenvalue weighted by Crippen LogP contribution is 2.32. The standard InChI is InChI=1S/C19H27N3O6S/c1-4-20-18(23)10-13-6-7-15-17(28-13)11-27-16-8-5-12(21-29(3,25)26)9-14(16)19(24)22(15)2/h5,8-9,13,15,17,21H,4,6-7,10-11H2,1-3H3,(H,20,23)/t13-,15+,17+/m0/s1. The maximum atomic E-state index is 13.1. The van der Waals surface area contributed by atoms with E-state index in [1.807, 2.05) is 6.92 Å². The molecule has 1 aromatic carbocycles. The number of rotatable bonds is 5. The van der Waals surface area contributed by atoms with Crippen LogP contribution in [0.2, 0.25) is 0 Å². The van der Waals surface area contributed by atoms with E-state index in [9.17, 15) is 18.0 Å². The van der Waals surface area contributed by atoms with Crippen LogP contribution in [0.15, 0.2) is 18.2 Å². The van der Waals surface area contributed by atoms with E-state index < -0.39 is 10.0 Å². The molecule has 2 amide bonds. The van der Waals surface area contributed by atoms with Gasteiger partial charge >= 0.3 is 0 Å². The molecule has 9 nitrogen and oxygen atoms in total. The van der Waals surface area contributed by atoms with Crippen molar-refractivity contribution in [3.63, 3.8) is 0 Å². The van der Waals surface area contributed by atoms with Crippen LogP contribution in [0.1, 0.15) is 36.5 Å². The summed E-state index contributed by atoms with van der Waals surface area (Å²) in [5, 5.41) is 2.77. The second-order valence-electron chi connectivity index (χ2n) is 7.41. The highest BCUT2D eigenvalue weighted by Gasteiger charge is 2.39. The summed E-state index contributed by atoms with van der Waals surface area (Å²) in [6.07, 6.45) is 2.13. The first kappa shape index (κ1) is 21.4. The first-order valence-corrected chi connectivity index (χ1v) is 11.5. The quantitative estimate of drug-likeness (QED) is 0.727. The number of carbonyl (C=O) groups is 2. The average Bonchev–Trinajstić information content (AvgIpc) is 2.64. The number of hydrogen-bond acceptors (Lipinski definition) is 6. The first-order valence-electron chi connectivity index (χ1n) is 9.62. The number of nitrogens with one attached hydrogen (secondary N) is 2. The van der Waals surface area contributed by atoms with Crippen molar-refractivity contribution in [1.82, 2.24) is 10.2 Å². The molecule has 0 radical (unpaired) electrons. The third kappa shape index (κ3) is 5.18. The normalized spacial score (nSPS) is 24.4. The third-order valence-corrected chi connectivity index (χ3v) is 5.71. The molecule has 3 rings (SSSR count). The van der Waals surface area contributed by atoms with Crippen LogP contribution in [-0.2, 0) is 19.6 Å². The van der Waals surface area contributed by atoms with Crippen molar-refractivity contribution in [1.29, 1.82) is 0 Å². The molecule has 160 valence electrons. The Morgan fingerprint density at radius 1 is 1.31 bits per heavy atom. The zero-order valence-electron chi connectivity index (χ0n) is 16.8. The molecule has 2 aliphatic rings. The highest BCUT2D eigenvalue weighted by molar-refractivity contribution is 7.92. The Morgan fingerprint density at radius 2 is 2.07 bits per heavy atom. The fourth-order valence-electron chi connectivity index (χ4n) is 3.78. The molecule has 0 unspecified atom stereocenters. The summed E-state index contributed by atoms with van der Waals surface area (Å²) >= 11 is 0. The minimum atomic E-state index is -3.46. The summed E-state index contributed by atoms with van der Waals surface area (Å²) in [4.78, 5) is 26.5. The van der Waals surface area contributed by atoms with E-state index >= 15 is 0 Å². The van der Waals surface area contributed by atoms with Crippen LogP contribution in [0, 0.1) is 0 Å². The minimum absolute atomic E-state index is 0.0524. The van der Waals surface area contributed by atoms with Gasteiger partial charge in [-0.2, -0.15) is 0 Å². The number of sulfonamides is 1. The van der Waals surface area contributed by atoms with Gasteiger partial charge < -0.3 is 19.7 Å². The number of anilines is 1. The van der Waals surface area contributed by atoms with Gasteiger partial charge in [0.05, 0.1) is 30.4 Å². The lowest BCUT2D eigenvalue weighted by Crippen LogP contribution is -2.53. The maximum Gasteiger partial charge on any atom is 0.257 e. The van der Waals surface area contributed by atoms with E-state index in [4.69, 9.17) is 9.47 Å². The molecule has 0 aliphatic carbocycles. The minimum Gasteiger partial charge on any atom is -0.490 e. The zero-order valence-corrected chi connectivity index (χ0v) is 17.6. The Bertz CT molecular complexity index is 888. The molecule has 0 saturated carbocycles. The van der Waals surface area contributed by atoms with Crippen LogP contribution in [-0.4, -0.2) is 69.8 Å². The summed E-state index contributed by atoms with van der Waals surface area (Å²) in [5.74, 6) is 0.0508. The van der Waals surface area contributed by atoms with E-state index in [-0.39, 0.29) is 43.1 Å².